The molecule has 1 aromatic heterocycles. The number of fused-ring (bicyclic) bond motifs is 1. The molecule has 35 heavy (non-hydrogen) atoms. The number of hydrogen-bond acceptors (Lipinski definition) is 4. The summed E-state index contributed by atoms with van der Waals surface area (Å²) >= 11 is 1.76. The van der Waals surface area contributed by atoms with Crippen LogP contribution in [-0.4, -0.2) is 38.2 Å². The number of carbonyl (C=O) groups excluding carboxylic acids is 1. The number of carbonyl (C=O) groups is 1. The van der Waals surface area contributed by atoms with Crippen LogP contribution in [0.5, 0.6) is 0 Å². The van der Waals surface area contributed by atoms with Gasteiger partial charge in [0, 0.05) is 36.2 Å². The molecule has 5 rings (SSSR count). The Kier molecular flexibility index (Phi) is 6.62. The normalized spacial score (nSPS) is 18.1. The lowest BCUT2D eigenvalue weighted by Gasteiger charge is -2.18. The van der Waals surface area contributed by atoms with Crippen LogP contribution in [0.3, 0.4) is 0 Å². The third-order valence-electron chi connectivity index (χ3n) is 6.85. The van der Waals surface area contributed by atoms with Crippen LogP contribution in [0.2, 0.25) is 0 Å². The number of urea groups is 1. The molecule has 1 fully saturated rings. The molecule has 0 radical (unpaired) electrons. The second-order valence-electron chi connectivity index (χ2n) is 8.92. The van der Waals surface area contributed by atoms with Crippen molar-refractivity contribution in [3.05, 3.63) is 101 Å². The summed E-state index contributed by atoms with van der Waals surface area (Å²) in [5.41, 5.74) is 3.42. The van der Waals surface area contributed by atoms with Crippen molar-refractivity contribution in [1.29, 1.82) is 0 Å². The average Bonchev–Trinajstić information content (AvgIpc) is 3.53. The van der Waals surface area contributed by atoms with Crippen molar-refractivity contribution in [2.24, 2.45) is 0 Å². The van der Waals surface area contributed by atoms with E-state index in [0.29, 0.717) is 24.5 Å². The standard InChI is InChI=1S/C28H28N2O3S2/c1-2-35(32,33)22-14-12-20(13-15-22)16-29-28(31)30-17-24(21-8-4-3-5-9-21)25(18-30)26-19-34-27-11-7-6-10-23(26)27/h3-15,19,24-25H,2,16-18H2,1H3,(H,29,31). The molecule has 180 valence electrons. The molecule has 4 aromatic rings. The van der Waals surface area contributed by atoms with Gasteiger partial charge in [0.1, 0.15) is 0 Å². The minimum Gasteiger partial charge on any atom is -0.334 e. The highest BCUT2D eigenvalue weighted by atomic mass is 32.2. The molecule has 2 amide bonds. The summed E-state index contributed by atoms with van der Waals surface area (Å²) in [4.78, 5) is 15.4. The van der Waals surface area contributed by atoms with Gasteiger partial charge in [0.25, 0.3) is 0 Å². The highest BCUT2D eigenvalue weighted by Gasteiger charge is 2.38. The van der Waals surface area contributed by atoms with Crippen molar-refractivity contribution >= 4 is 37.3 Å². The molecule has 1 N–H and O–H groups in total. The van der Waals surface area contributed by atoms with E-state index in [1.807, 2.05) is 11.0 Å². The summed E-state index contributed by atoms with van der Waals surface area (Å²) < 4.78 is 25.3. The molecule has 0 spiro atoms. The predicted molar refractivity (Wildman–Crippen MR) is 142 cm³/mol. The smallest absolute Gasteiger partial charge is 0.317 e. The Morgan fingerprint density at radius 1 is 0.943 bits per heavy atom. The minimum atomic E-state index is -3.23. The molecular weight excluding hydrogens is 476 g/mol. The van der Waals surface area contributed by atoms with Gasteiger partial charge < -0.3 is 10.2 Å². The molecule has 0 bridgehead atoms. The topological polar surface area (TPSA) is 66.5 Å². The van der Waals surface area contributed by atoms with Crippen molar-refractivity contribution in [2.75, 3.05) is 18.8 Å². The molecule has 7 heteroatoms. The number of nitrogens with one attached hydrogen (secondary N) is 1. The van der Waals surface area contributed by atoms with E-state index in [4.69, 9.17) is 0 Å². The van der Waals surface area contributed by atoms with Gasteiger partial charge >= 0.3 is 6.03 Å². The van der Waals surface area contributed by atoms with Crippen molar-refractivity contribution < 1.29 is 13.2 Å². The summed E-state index contributed by atoms with van der Waals surface area (Å²) in [7, 11) is -3.23. The van der Waals surface area contributed by atoms with Crippen molar-refractivity contribution in [3.63, 3.8) is 0 Å². The highest BCUT2D eigenvalue weighted by Crippen LogP contribution is 2.43. The SMILES string of the molecule is CCS(=O)(=O)c1ccc(CNC(=O)N2CC(c3ccccc3)C(c3csc4ccccc34)C2)cc1. The molecule has 1 aliphatic heterocycles. The van der Waals surface area contributed by atoms with Crippen molar-refractivity contribution in [2.45, 2.75) is 30.2 Å². The van der Waals surface area contributed by atoms with Gasteiger partial charge in [0.05, 0.1) is 10.6 Å². The predicted octanol–water partition coefficient (Wildman–Crippen LogP) is 5.79. The molecule has 5 nitrogen and oxygen atoms in total. The first-order valence-electron chi connectivity index (χ1n) is 11.8. The zero-order valence-electron chi connectivity index (χ0n) is 19.6. The third kappa shape index (κ3) is 4.83. The van der Waals surface area contributed by atoms with E-state index < -0.39 is 9.84 Å². The fourth-order valence-corrected chi connectivity index (χ4v) is 6.79. The zero-order valence-corrected chi connectivity index (χ0v) is 21.2. The Bertz CT molecular complexity index is 1430. The number of amides is 2. The minimum absolute atomic E-state index is 0.0706. The maximum absolute atomic E-state index is 13.2. The van der Waals surface area contributed by atoms with Crippen LogP contribution < -0.4 is 5.32 Å². The maximum Gasteiger partial charge on any atom is 0.317 e. The fourth-order valence-electron chi connectivity index (χ4n) is 4.88. The summed E-state index contributed by atoms with van der Waals surface area (Å²) in [5, 5.41) is 6.55. The Morgan fingerprint density at radius 2 is 1.63 bits per heavy atom. The molecule has 1 saturated heterocycles. The first kappa shape index (κ1) is 23.6. The van der Waals surface area contributed by atoms with E-state index in [2.05, 4.69) is 59.2 Å². The third-order valence-corrected chi connectivity index (χ3v) is 9.58. The highest BCUT2D eigenvalue weighted by molar-refractivity contribution is 7.91. The first-order valence-corrected chi connectivity index (χ1v) is 14.3. The number of likely N-dealkylation sites (tertiary alicyclic amines) is 1. The van der Waals surface area contributed by atoms with Gasteiger partial charge in [-0.2, -0.15) is 0 Å². The van der Waals surface area contributed by atoms with Crippen LogP contribution in [0.1, 0.15) is 35.4 Å². The molecule has 2 unspecified atom stereocenters. The Labute approximate surface area is 210 Å². The largest absolute Gasteiger partial charge is 0.334 e. The second kappa shape index (κ2) is 9.84. The van der Waals surface area contributed by atoms with Gasteiger partial charge in [-0.25, -0.2) is 13.2 Å². The average molecular weight is 505 g/mol. The van der Waals surface area contributed by atoms with E-state index in [0.717, 1.165) is 5.56 Å². The van der Waals surface area contributed by atoms with E-state index >= 15 is 0 Å². The van der Waals surface area contributed by atoms with E-state index in [-0.39, 0.29) is 23.6 Å². The molecular formula is C28H28N2O3S2. The van der Waals surface area contributed by atoms with Gasteiger partial charge in [-0.15, -0.1) is 11.3 Å². The van der Waals surface area contributed by atoms with Gasteiger partial charge in [-0.05, 0) is 45.7 Å². The summed E-state index contributed by atoms with van der Waals surface area (Å²) in [6.07, 6.45) is 0. The summed E-state index contributed by atoms with van der Waals surface area (Å²) in [5.74, 6) is 0.512. The van der Waals surface area contributed by atoms with Crippen LogP contribution in [0.4, 0.5) is 4.79 Å². The second-order valence-corrected chi connectivity index (χ2v) is 12.1. The van der Waals surface area contributed by atoms with Crippen LogP contribution >= 0.6 is 11.3 Å². The number of thiophene rings is 1. The Balaban J connectivity index is 1.33. The number of benzene rings is 3. The first-order chi connectivity index (χ1) is 17.0. The Morgan fingerprint density at radius 3 is 2.37 bits per heavy atom. The molecule has 1 aliphatic rings. The molecule has 2 atom stereocenters. The van der Waals surface area contributed by atoms with E-state index in [9.17, 15) is 13.2 Å². The van der Waals surface area contributed by atoms with Gasteiger partial charge in [-0.3, -0.25) is 0 Å². The van der Waals surface area contributed by atoms with Crippen LogP contribution in [0.15, 0.2) is 89.1 Å². The van der Waals surface area contributed by atoms with Gasteiger partial charge in [-0.1, -0.05) is 67.6 Å². The summed E-state index contributed by atoms with van der Waals surface area (Å²) in [6, 6.07) is 25.6. The van der Waals surface area contributed by atoms with Crippen LogP contribution in [0, 0.1) is 0 Å². The lowest BCUT2D eigenvalue weighted by molar-refractivity contribution is 0.207. The molecule has 0 aliphatic carbocycles. The van der Waals surface area contributed by atoms with E-state index in [1.165, 1.54) is 21.2 Å². The number of hydrogen-bond donors (Lipinski definition) is 1. The van der Waals surface area contributed by atoms with Crippen molar-refractivity contribution in [3.8, 4) is 0 Å². The van der Waals surface area contributed by atoms with Gasteiger partial charge in [0.2, 0.25) is 0 Å². The lowest BCUT2D eigenvalue weighted by Crippen LogP contribution is -2.38. The summed E-state index contributed by atoms with van der Waals surface area (Å²) in [6.45, 7) is 3.29. The molecule has 0 saturated carbocycles. The monoisotopic (exact) mass is 504 g/mol. The quantitative estimate of drug-likeness (QED) is 0.362. The maximum atomic E-state index is 13.2. The Hall–Kier alpha value is -3.16. The zero-order chi connectivity index (χ0) is 24.4. The van der Waals surface area contributed by atoms with E-state index in [1.54, 1.807) is 42.5 Å². The van der Waals surface area contributed by atoms with Crippen LogP contribution in [0.25, 0.3) is 10.1 Å². The van der Waals surface area contributed by atoms with Gasteiger partial charge in [0.15, 0.2) is 9.84 Å². The fraction of sp³-hybridized carbons (Fsp3) is 0.250. The lowest BCUT2D eigenvalue weighted by atomic mass is 9.84. The van der Waals surface area contributed by atoms with Crippen LogP contribution in [-0.2, 0) is 16.4 Å². The molecule has 3 aromatic carbocycles. The molecule has 2 heterocycles. The number of rotatable bonds is 6. The number of nitrogens with zero attached hydrogens (tertiary/aromatic N) is 1. The van der Waals surface area contributed by atoms with Crippen molar-refractivity contribution in [1.82, 2.24) is 10.2 Å². The number of sulfone groups is 1.